The van der Waals surface area contributed by atoms with Gasteiger partial charge >= 0.3 is 0 Å². The summed E-state index contributed by atoms with van der Waals surface area (Å²) in [7, 11) is 0. The highest BCUT2D eigenvalue weighted by Crippen LogP contribution is 2.23. The Hall–Kier alpha value is -3.58. The van der Waals surface area contributed by atoms with Crippen molar-refractivity contribution in [3.8, 4) is 11.8 Å². The van der Waals surface area contributed by atoms with Crippen LogP contribution < -0.4 is 5.32 Å². The van der Waals surface area contributed by atoms with Crippen molar-refractivity contribution in [1.29, 1.82) is 5.26 Å². The van der Waals surface area contributed by atoms with Crippen LogP contribution in [0.4, 0.5) is 0 Å². The molecule has 1 N–H and O–H groups in total. The van der Waals surface area contributed by atoms with Crippen molar-refractivity contribution in [1.82, 2.24) is 9.88 Å². The van der Waals surface area contributed by atoms with Gasteiger partial charge in [-0.3, -0.25) is 4.79 Å². The fraction of sp³-hybridized carbons (Fsp3) is 0.231. The zero-order chi connectivity index (χ0) is 21.5. The quantitative estimate of drug-likeness (QED) is 0.344. The summed E-state index contributed by atoms with van der Waals surface area (Å²) in [5, 5.41) is 12.4. The summed E-state index contributed by atoms with van der Waals surface area (Å²) in [6, 6.07) is 22.5. The molecule has 0 aliphatic rings. The van der Waals surface area contributed by atoms with E-state index in [1.54, 1.807) is 6.08 Å². The van der Waals surface area contributed by atoms with Crippen molar-refractivity contribution in [3.05, 3.63) is 94.3 Å². The third-order valence-corrected chi connectivity index (χ3v) is 5.20. The third kappa shape index (κ3) is 5.07. The lowest BCUT2D eigenvalue weighted by Gasteiger charge is -2.10. The van der Waals surface area contributed by atoms with Gasteiger partial charge in [0.1, 0.15) is 11.6 Å². The molecule has 0 aliphatic carbocycles. The van der Waals surface area contributed by atoms with Gasteiger partial charge in [-0.1, -0.05) is 48.0 Å². The number of aryl methyl sites for hydroxylation is 3. The molecule has 4 nitrogen and oxygen atoms in total. The topological polar surface area (TPSA) is 57.8 Å². The highest BCUT2D eigenvalue weighted by molar-refractivity contribution is 6.01. The van der Waals surface area contributed by atoms with E-state index in [0.29, 0.717) is 6.54 Å². The van der Waals surface area contributed by atoms with Crippen molar-refractivity contribution in [3.63, 3.8) is 0 Å². The van der Waals surface area contributed by atoms with Gasteiger partial charge in [-0.15, -0.1) is 0 Å². The molecular weight excluding hydrogens is 370 g/mol. The molecule has 0 fully saturated rings. The molecule has 152 valence electrons. The molecule has 0 saturated carbocycles. The van der Waals surface area contributed by atoms with Crippen LogP contribution in [0, 0.1) is 32.1 Å². The Labute approximate surface area is 178 Å². The number of nitrogens with zero attached hydrogens (tertiary/aromatic N) is 2. The largest absolute Gasteiger partial charge is 0.351 e. The van der Waals surface area contributed by atoms with Gasteiger partial charge in [0, 0.05) is 23.6 Å². The number of benzene rings is 2. The molecule has 4 heteroatoms. The summed E-state index contributed by atoms with van der Waals surface area (Å²) in [6.45, 7) is 6.63. The standard InChI is InChI=1S/C26H27N3O/c1-19-11-13-25(14-12-19)29-20(2)16-23(21(29)3)17-24(18-27)26(30)28-15-7-10-22-8-5-4-6-9-22/h4-6,8-9,11-14,16-17H,7,10,15H2,1-3H3,(H,28,30)/b24-17+. The molecule has 0 aliphatic heterocycles. The maximum Gasteiger partial charge on any atom is 0.261 e. The highest BCUT2D eigenvalue weighted by atomic mass is 16.1. The molecule has 0 spiro atoms. The van der Waals surface area contributed by atoms with Gasteiger partial charge in [-0.2, -0.15) is 5.26 Å². The van der Waals surface area contributed by atoms with Gasteiger partial charge in [0.15, 0.2) is 0 Å². The molecule has 0 bridgehead atoms. The Kier molecular flexibility index (Phi) is 6.87. The smallest absolute Gasteiger partial charge is 0.261 e. The van der Waals surface area contributed by atoms with Crippen LogP contribution in [0.1, 0.15) is 34.5 Å². The lowest BCUT2D eigenvalue weighted by molar-refractivity contribution is -0.117. The molecular formula is C26H27N3O. The second-order valence-electron chi connectivity index (χ2n) is 7.51. The summed E-state index contributed by atoms with van der Waals surface area (Å²) >= 11 is 0. The molecule has 1 amide bonds. The minimum Gasteiger partial charge on any atom is -0.351 e. The number of carbonyl (C=O) groups excluding carboxylic acids is 1. The predicted molar refractivity (Wildman–Crippen MR) is 121 cm³/mol. The van der Waals surface area contributed by atoms with Crippen molar-refractivity contribution in [2.75, 3.05) is 6.54 Å². The molecule has 2 aromatic carbocycles. The molecule has 3 rings (SSSR count). The fourth-order valence-electron chi connectivity index (χ4n) is 3.56. The van der Waals surface area contributed by atoms with Crippen LogP contribution in [0.3, 0.4) is 0 Å². The maximum absolute atomic E-state index is 12.5. The van der Waals surface area contributed by atoms with Gasteiger partial charge in [0.2, 0.25) is 0 Å². The van der Waals surface area contributed by atoms with E-state index in [1.807, 2.05) is 38.1 Å². The van der Waals surface area contributed by atoms with Crippen molar-refractivity contribution >= 4 is 12.0 Å². The Morgan fingerprint density at radius 3 is 2.43 bits per heavy atom. The molecule has 0 atom stereocenters. The van der Waals surface area contributed by atoms with E-state index in [4.69, 9.17) is 0 Å². The lowest BCUT2D eigenvalue weighted by atomic mass is 10.1. The number of aromatic nitrogens is 1. The number of hydrogen-bond donors (Lipinski definition) is 1. The second-order valence-corrected chi connectivity index (χ2v) is 7.51. The first-order valence-electron chi connectivity index (χ1n) is 10.2. The van der Waals surface area contributed by atoms with E-state index in [-0.39, 0.29) is 11.5 Å². The normalized spacial score (nSPS) is 11.2. The predicted octanol–water partition coefficient (Wildman–Crippen LogP) is 5.06. The van der Waals surface area contributed by atoms with Gasteiger partial charge < -0.3 is 9.88 Å². The van der Waals surface area contributed by atoms with Crippen LogP contribution in [0.5, 0.6) is 0 Å². The first-order valence-corrected chi connectivity index (χ1v) is 10.2. The average Bonchev–Trinajstić information content (AvgIpc) is 3.03. The molecule has 30 heavy (non-hydrogen) atoms. The molecule has 0 saturated heterocycles. The molecule has 0 unspecified atom stereocenters. The summed E-state index contributed by atoms with van der Waals surface area (Å²) < 4.78 is 2.14. The minimum atomic E-state index is -0.328. The summed E-state index contributed by atoms with van der Waals surface area (Å²) in [6.07, 6.45) is 3.40. The zero-order valence-electron chi connectivity index (χ0n) is 17.8. The van der Waals surface area contributed by atoms with E-state index < -0.39 is 0 Å². The third-order valence-electron chi connectivity index (χ3n) is 5.20. The van der Waals surface area contributed by atoms with Crippen molar-refractivity contribution in [2.45, 2.75) is 33.6 Å². The number of amides is 1. The fourth-order valence-corrected chi connectivity index (χ4v) is 3.56. The molecule has 1 heterocycles. The van der Waals surface area contributed by atoms with E-state index in [1.165, 1.54) is 11.1 Å². The Morgan fingerprint density at radius 2 is 1.77 bits per heavy atom. The number of nitrogens with one attached hydrogen (secondary N) is 1. The summed E-state index contributed by atoms with van der Waals surface area (Å²) in [5.74, 6) is -0.328. The van der Waals surface area contributed by atoms with Gasteiger partial charge in [-0.05, 0) is 69.0 Å². The monoisotopic (exact) mass is 397 g/mol. The van der Waals surface area contributed by atoms with Crippen LogP contribution in [-0.2, 0) is 11.2 Å². The number of hydrogen-bond acceptors (Lipinski definition) is 2. The van der Waals surface area contributed by atoms with Gasteiger partial charge in [0.25, 0.3) is 5.91 Å². The first kappa shape index (κ1) is 21.1. The number of nitriles is 1. The van der Waals surface area contributed by atoms with E-state index in [2.05, 4.69) is 59.3 Å². The lowest BCUT2D eigenvalue weighted by Crippen LogP contribution is -2.25. The number of carbonyl (C=O) groups is 1. The van der Waals surface area contributed by atoms with Crippen LogP contribution in [0.25, 0.3) is 11.8 Å². The Morgan fingerprint density at radius 1 is 1.07 bits per heavy atom. The summed E-state index contributed by atoms with van der Waals surface area (Å²) in [5.41, 5.74) is 6.58. The van der Waals surface area contributed by atoms with E-state index in [0.717, 1.165) is 35.5 Å². The number of rotatable bonds is 7. The highest BCUT2D eigenvalue weighted by Gasteiger charge is 2.13. The second kappa shape index (κ2) is 9.76. The van der Waals surface area contributed by atoms with Gasteiger partial charge in [-0.25, -0.2) is 0 Å². The van der Waals surface area contributed by atoms with Crippen molar-refractivity contribution in [2.24, 2.45) is 0 Å². The van der Waals surface area contributed by atoms with Crippen LogP contribution in [0.15, 0.2) is 66.2 Å². The zero-order valence-corrected chi connectivity index (χ0v) is 17.8. The Balaban J connectivity index is 1.69. The molecule has 3 aromatic rings. The molecule has 0 radical (unpaired) electrons. The summed E-state index contributed by atoms with van der Waals surface area (Å²) in [4.78, 5) is 12.5. The van der Waals surface area contributed by atoms with E-state index >= 15 is 0 Å². The minimum absolute atomic E-state index is 0.124. The van der Waals surface area contributed by atoms with Crippen LogP contribution in [-0.4, -0.2) is 17.0 Å². The Bertz CT molecular complexity index is 1080. The first-order chi connectivity index (χ1) is 14.5. The SMILES string of the molecule is Cc1ccc(-n2c(C)cc(/C=C(\C#N)C(=O)NCCCc3ccccc3)c2C)cc1. The van der Waals surface area contributed by atoms with Crippen LogP contribution >= 0.6 is 0 Å². The van der Waals surface area contributed by atoms with Crippen molar-refractivity contribution < 1.29 is 4.79 Å². The van der Waals surface area contributed by atoms with E-state index in [9.17, 15) is 10.1 Å². The van der Waals surface area contributed by atoms with Crippen LogP contribution in [0.2, 0.25) is 0 Å². The average molecular weight is 398 g/mol. The molecule has 1 aromatic heterocycles. The van der Waals surface area contributed by atoms with Gasteiger partial charge in [0.05, 0.1) is 0 Å². The maximum atomic E-state index is 12.5.